The molecule has 1 N–H and O–H groups in total. The Morgan fingerprint density at radius 2 is 2.16 bits per heavy atom. The van der Waals surface area contributed by atoms with Crippen molar-refractivity contribution < 1.29 is 23.8 Å². The molecule has 0 spiro atoms. The highest BCUT2D eigenvalue weighted by atomic mass is 19.1. The van der Waals surface area contributed by atoms with Crippen LogP contribution in [0.4, 0.5) is 10.2 Å². The third-order valence-electron chi connectivity index (χ3n) is 5.47. The highest BCUT2D eigenvalue weighted by Crippen LogP contribution is 2.37. The summed E-state index contributed by atoms with van der Waals surface area (Å²) in [5.74, 6) is -0.306. The van der Waals surface area contributed by atoms with Gasteiger partial charge in [0.1, 0.15) is 29.6 Å². The van der Waals surface area contributed by atoms with Crippen molar-refractivity contribution in [3.63, 3.8) is 0 Å². The van der Waals surface area contributed by atoms with E-state index in [4.69, 9.17) is 9.47 Å². The number of anilines is 1. The molecule has 0 radical (unpaired) electrons. The van der Waals surface area contributed by atoms with E-state index in [-0.39, 0.29) is 17.4 Å². The zero-order valence-electron chi connectivity index (χ0n) is 17.5. The molecule has 1 fully saturated rings. The van der Waals surface area contributed by atoms with Crippen molar-refractivity contribution in [3.8, 4) is 5.75 Å². The summed E-state index contributed by atoms with van der Waals surface area (Å²) in [6, 6.07) is 6.45. The summed E-state index contributed by atoms with van der Waals surface area (Å²) < 4.78 is 26.4. The first kappa shape index (κ1) is 21.0. The number of carboxylic acids is 1. The minimum atomic E-state index is -1.04. The van der Waals surface area contributed by atoms with E-state index >= 15 is 0 Å². The summed E-state index contributed by atoms with van der Waals surface area (Å²) >= 11 is 0. The van der Waals surface area contributed by atoms with Gasteiger partial charge in [-0.3, -0.25) is 0 Å². The molecule has 8 nitrogen and oxygen atoms in total. The number of fused-ring (bicyclic) bond motifs is 1. The van der Waals surface area contributed by atoms with Gasteiger partial charge in [-0.25, -0.2) is 18.7 Å². The van der Waals surface area contributed by atoms with Crippen LogP contribution in [-0.2, 0) is 11.2 Å². The molecule has 1 saturated heterocycles. The number of aromatic nitrogens is 3. The Balaban J connectivity index is 1.68. The van der Waals surface area contributed by atoms with Gasteiger partial charge in [0.15, 0.2) is 5.65 Å². The van der Waals surface area contributed by atoms with E-state index in [1.54, 1.807) is 13.3 Å². The normalized spacial score (nSPS) is 16.2. The van der Waals surface area contributed by atoms with Gasteiger partial charge in [-0.15, -0.1) is 0 Å². The number of carbonyl (C=O) groups is 1. The van der Waals surface area contributed by atoms with E-state index < -0.39 is 5.97 Å². The molecular formula is C22H25FN4O4. The maximum absolute atomic E-state index is 14.3. The van der Waals surface area contributed by atoms with Crippen molar-refractivity contribution >= 4 is 17.4 Å². The number of rotatable bonds is 8. The molecule has 164 valence electrons. The molecule has 1 unspecified atom stereocenters. The van der Waals surface area contributed by atoms with Gasteiger partial charge in [0, 0.05) is 25.9 Å². The van der Waals surface area contributed by atoms with Gasteiger partial charge in [0.2, 0.25) is 0 Å². The number of benzene rings is 1. The molecule has 0 aliphatic carbocycles. The van der Waals surface area contributed by atoms with E-state index in [9.17, 15) is 14.3 Å². The number of halogens is 1. The standard InChI is InChI=1S/C22H25FN4O4/c1-3-17-20(22(28)29)21-24-19(6-8-27(21)25-17)26-7-4-5-18(26)14-11-15(23)13-16(12-14)31-10-9-30-2/h6,8,11-13,18H,3-5,7,9-10H2,1-2H3,(H,28,29). The molecular weight excluding hydrogens is 403 g/mol. The number of hydrogen-bond donors (Lipinski definition) is 1. The smallest absolute Gasteiger partial charge is 0.341 e. The fourth-order valence-electron chi connectivity index (χ4n) is 4.08. The highest BCUT2D eigenvalue weighted by Gasteiger charge is 2.29. The maximum Gasteiger partial charge on any atom is 0.341 e. The van der Waals surface area contributed by atoms with Gasteiger partial charge in [-0.1, -0.05) is 6.92 Å². The van der Waals surface area contributed by atoms with Crippen molar-refractivity contribution in [1.29, 1.82) is 0 Å². The second-order valence-corrected chi connectivity index (χ2v) is 7.45. The predicted octanol–water partition coefficient (Wildman–Crippen LogP) is 3.50. The Kier molecular flexibility index (Phi) is 6.03. The fourth-order valence-corrected chi connectivity index (χ4v) is 4.08. The molecule has 1 aromatic carbocycles. The van der Waals surface area contributed by atoms with E-state index in [1.165, 1.54) is 16.6 Å². The van der Waals surface area contributed by atoms with Gasteiger partial charge in [-0.2, -0.15) is 5.10 Å². The lowest BCUT2D eigenvalue weighted by molar-refractivity contribution is 0.0697. The number of nitrogens with zero attached hydrogens (tertiary/aromatic N) is 4. The molecule has 2 aromatic heterocycles. The quantitative estimate of drug-likeness (QED) is 0.549. The van der Waals surface area contributed by atoms with E-state index in [1.807, 2.05) is 19.1 Å². The van der Waals surface area contributed by atoms with E-state index in [0.717, 1.165) is 24.9 Å². The molecule has 0 saturated carbocycles. The summed E-state index contributed by atoms with van der Waals surface area (Å²) in [4.78, 5) is 18.5. The zero-order valence-corrected chi connectivity index (χ0v) is 17.5. The van der Waals surface area contributed by atoms with Crippen molar-refractivity contribution in [2.24, 2.45) is 0 Å². The molecule has 0 amide bonds. The lowest BCUT2D eigenvalue weighted by Gasteiger charge is -2.26. The van der Waals surface area contributed by atoms with Gasteiger partial charge in [0.25, 0.3) is 0 Å². The van der Waals surface area contributed by atoms with Crippen molar-refractivity contribution in [2.45, 2.75) is 32.2 Å². The SMILES string of the molecule is CCc1nn2ccc(N3CCCC3c3cc(F)cc(OCCOC)c3)nc2c1C(=O)O. The third-order valence-corrected chi connectivity index (χ3v) is 5.47. The number of aryl methyl sites for hydroxylation is 1. The average molecular weight is 428 g/mol. The van der Waals surface area contributed by atoms with Crippen molar-refractivity contribution in [2.75, 3.05) is 31.8 Å². The zero-order chi connectivity index (χ0) is 22.0. The minimum Gasteiger partial charge on any atom is -0.491 e. The third kappa shape index (κ3) is 4.18. The van der Waals surface area contributed by atoms with Crippen molar-refractivity contribution in [3.05, 3.63) is 53.1 Å². The Bertz CT molecular complexity index is 1100. The van der Waals surface area contributed by atoms with Gasteiger partial charge < -0.3 is 19.5 Å². The van der Waals surface area contributed by atoms with Gasteiger partial charge in [0.05, 0.1) is 18.3 Å². The molecule has 1 aliphatic heterocycles. The monoisotopic (exact) mass is 428 g/mol. The number of ether oxygens (including phenoxy) is 2. The first-order valence-electron chi connectivity index (χ1n) is 10.3. The van der Waals surface area contributed by atoms with Crippen LogP contribution in [0.3, 0.4) is 0 Å². The molecule has 3 heterocycles. The first-order valence-corrected chi connectivity index (χ1v) is 10.3. The minimum absolute atomic E-state index is 0.0859. The molecule has 3 aromatic rings. The Morgan fingerprint density at radius 3 is 2.90 bits per heavy atom. The Hall–Kier alpha value is -3.20. The molecule has 31 heavy (non-hydrogen) atoms. The highest BCUT2D eigenvalue weighted by molar-refractivity contribution is 5.96. The van der Waals surface area contributed by atoms with Crippen LogP contribution in [0.25, 0.3) is 5.65 Å². The molecule has 0 bridgehead atoms. The molecule has 1 aliphatic rings. The van der Waals surface area contributed by atoms with Gasteiger partial charge in [-0.05, 0) is 43.0 Å². The molecule has 4 rings (SSSR count). The topological polar surface area (TPSA) is 89.2 Å². The molecule has 9 heteroatoms. The summed E-state index contributed by atoms with van der Waals surface area (Å²) in [7, 11) is 1.58. The summed E-state index contributed by atoms with van der Waals surface area (Å²) in [5, 5.41) is 14.0. The van der Waals surface area contributed by atoms with E-state index in [2.05, 4.69) is 15.0 Å². The Morgan fingerprint density at radius 1 is 1.32 bits per heavy atom. The van der Waals surface area contributed by atoms with Crippen molar-refractivity contribution in [1.82, 2.24) is 14.6 Å². The second-order valence-electron chi connectivity index (χ2n) is 7.45. The van der Waals surface area contributed by atoms with Crippen LogP contribution in [0, 0.1) is 5.82 Å². The number of hydrogen-bond acceptors (Lipinski definition) is 6. The Labute approximate surface area is 179 Å². The fraction of sp³-hybridized carbons (Fsp3) is 0.409. The number of methoxy groups -OCH3 is 1. The van der Waals surface area contributed by atoms with Crippen LogP contribution in [0.5, 0.6) is 5.75 Å². The number of carboxylic acid groups (broad SMARTS) is 1. The maximum atomic E-state index is 14.3. The largest absolute Gasteiger partial charge is 0.491 e. The van der Waals surface area contributed by atoms with Crippen LogP contribution in [0.2, 0.25) is 0 Å². The van der Waals surface area contributed by atoms with Crippen LogP contribution < -0.4 is 9.64 Å². The van der Waals surface area contributed by atoms with Crippen LogP contribution in [-0.4, -0.2) is 52.5 Å². The van der Waals surface area contributed by atoms with Crippen LogP contribution in [0.15, 0.2) is 30.5 Å². The van der Waals surface area contributed by atoms with Crippen LogP contribution >= 0.6 is 0 Å². The van der Waals surface area contributed by atoms with Gasteiger partial charge >= 0.3 is 5.97 Å². The first-order chi connectivity index (χ1) is 15.0. The summed E-state index contributed by atoms with van der Waals surface area (Å²) in [6.45, 7) is 3.36. The second kappa shape index (κ2) is 8.89. The lowest BCUT2D eigenvalue weighted by atomic mass is 10.0. The van der Waals surface area contributed by atoms with E-state index in [0.29, 0.717) is 42.5 Å². The lowest BCUT2D eigenvalue weighted by Crippen LogP contribution is -2.24. The summed E-state index contributed by atoms with van der Waals surface area (Å²) in [6.07, 6.45) is 3.98. The number of aromatic carboxylic acids is 1. The van der Waals surface area contributed by atoms with Crippen LogP contribution in [0.1, 0.15) is 47.4 Å². The predicted molar refractivity (Wildman–Crippen MR) is 112 cm³/mol. The summed E-state index contributed by atoms with van der Waals surface area (Å²) in [5.41, 5.74) is 1.74. The molecule has 1 atom stereocenters. The average Bonchev–Trinajstić information content (AvgIpc) is 3.37.